The van der Waals surface area contributed by atoms with Gasteiger partial charge in [-0.05, 0) is 26.0 Å². The maximum atomic E-state index is 12.4. The molecule has 7 nitrogen and oxygen atoms in total. The summed E-state index contributed by atoms with van der Waals surface area (Å²) in [5, 5.41) is 7.83. The molecule has 1 N–H and O–H groups in total. The van der Waals surface area contributed by atoms with E-state index in [9.17, 15) is 4.79 Å². The van der Waals surface area contributed by atoms with Crippen LogP contribution in [-0.2, 0) is 11.8 Å². The van der Waals surface area contributed by atoms with Crippen molar-refractivity contribution in [3.05, 3.63) is 41.2 Å². The van der Waals surface area contributed by atoms with Gasteiger partial charge >= 0.3 is 0 Å². The van der Waals surface area contributed by atoms with Crippen molar-refractivity contribution in [2.45, 2.75) is 32.4 Å². The minimum Gasteiger partial charge on any atom is -0.424 e. The molecule has 0 bridgehead atoms. The van der Waals surface area contributed by atoms with Crippen molar-refractivity contribution in [2.75, 3.05) is 12.4 Å². The lowest BCUT2D eigenvalue weighted by Gasteiger charge is -2.25. The highest BCUT2D eigenvalue weighted by molar-refractivity contribution is 5.81. The molecule has 7 heteroatoms. The molecule has 1 aliphatic heterocycles. The first-order valence-corrected chi connectivity index (χ1v) is 8.33. The second-order valence-electron chi connectivity index (χ2n) is 6.60. The summed E-state index contributed by atoms with van der Waals surface area (Å²) in [4.78, 5) is 18.6. The summed E-state index contributed by atoms with van der Waals surface area (Å²) in [6.45, 7) is 4.01. The lowest BCUT2D eigenvalue weighted by molar-refractivity contribution is -0.127. The van der Waals surface area contributed by atoms with Gasteiger partial charge < -0.3 is 14.6 Å². The van der Waals surface area contributed by atoms with Crippen molar-refractivity contribution in [2.24, 2.45) is 7.05 Å². The van der Waals surface area contributed by atoms with E-state index in [1.807, 2.05) is 56.9 Å². The third-order valence-corrected chi connectivity index (χ3v) is 5.05. The van der Waals surface area contributed by atoms with Crippen LogP contribution in [0.15, 0.2) is 28.7 Å². The average Bonchev–Trinajstić information content (AvgIpc) is 3.17. The Labute approximate surface area is 145 Å². The topological polar surface area (TPSA) is 76.2 Å². The second kappa shape index (κ2) is 5.61. The number of oxazole rings is 1. The van der Waals surface area contributed by atoms with Gasteiger partial charge in [0.15, 0.2) is 5.58 Å². The Bertz CT molecular complexity index is 925. The van der Waals surface area contributed by atoms with E-state index < -0.39 is 0 Å². The summed E-state index contributed by atoms with van der Waals surface area (Å²) in [5.41, 5.74) is 4.62. The van der Waals surface area contributed by atoms with Crippen LogP contribution in [0.3, 0.4) is 0 Å². The first-order chi connectivity index (χ1) is 12.0. The van der Waals surface area contributed by atoms with Gasteiger partial charge in [-0.15, -0.1) is 0 Å². The maximum absolute atomic E-state index is 12.4. The number of amides is 1. The lowest BCUT2D eigenvalue weighted by atomic mass is 9.98. The molecule has 0 saturated carbocycles. The molecule has 130 valence electrons. The molecule has 3 aromatic rings. The van der Waals surface area contributed by atoms with Crippen LogP contribution in [0.4, 0.5) is 6.01 Å². The Balaban J connectivity index is 1.70. The van der Waals surface area contributed by atoms with Gasteiger partial charge in [0, 0.05) is 31.8 Å². The fourth-order valence-corrected chi connectivity index (χ4v) is 3.70. The van der Waals surface area contributed by atoms with E-state index in [1.54, 1.807) is 4.90 Å². The fourth-order valence-electron chi connectivity index (χ4n) is 3.70. The van der Waals surface area contributed by atoms with Crippen molar-refractivity contribution >= 4 is 23.0 Å². The molecule has 3 heterocycles. The maximum Gasteiger partial charge on any atom is 0.296 e. The number of anilines is 1. The van der Waals surface area contributed by atoms with Crippen molar-refractivity contribution in [1.82, 2.24) is 19.7 Å². The molecule has 2 aromatic heterocycles. The molecule has 4 rings (SSSR count). The molecule has 1 amide bonds. The van der Waals surface area contributed by atoms with Crippen molar-refractivity contribution in [3.8, 4) is 0 Å². The number of aromatic nitrogens is 3. The monoisotopic (exact) mass is 339 g/mol. The Morgan fingerprint density at radius 2 is 2.00 bits per heavy atom. The number of benzene rings is 1. The highest BCUT2D eigenvalue weighted by Gasteiger charge is 2.41. The molecule has 1 aliphatic rings. The summed E-state index contributed by atoms with van der Waals surface area (Å²) in [6.07, 6.45) is 0.396. The molecule has 1 saturated heterocycles. The third-order valence-electron chi connectivity index (χ3n) is 5.05. The lowest BCUT2D eigenvalue weighted by Crippen LogP contribution is -2.30. The van der Waals surface area contributed by atoms with Crippen LogP contribution >= 0.6 is 0 Å². The van der Waals surface area contributed by atoms with Crippen LogP contribution in [0.5, 0.6) is 0 Å². The number of likely N-dealkylation sites (N-methyl/N-ethyl adjacent to an activating group) is 1. The van der Waals surface area contributed by atoms with Gasteiger partial charge in [0.1, 0.15) is 5.52 Å². The van der Waals surface area contributed by atoms with E-state index >= 15 is 0 Å². The number of nitrogens with zero attached hydrogens (tertiary/aromatic N) is 4. The van der Waals surface area contributed by atoms with Crippen LogP contribution in [0, 0.1) is 13.8 Å². The number of nitrogens with one attached hydrogen (secondary N) is 1. The number of likely N-dealkylation sites (tertiary alicyclic amines) is 1. The molecule has 0 radical (unpaired) electrons. The zero-order chi connectivity index (χ0) is 17.7. The standard InChI is InChI=1S/C18H21N5O2/c1-10-16(11(2)23(4)21-10)17-13(9-15(24)22(17)3)20-18-19-12-7-5-6-8-14(12)25-18/h5-8,13,17H,9H2,1-4H3,(H,19,20)/t13-,17-/m1/s1. The molecule has 0 aliphatic carbocycles. The first kappa shape index (κ1) is 15.7. The predicted octanol–water partition coefficient (Wildman–Crippen LogP) is 2.56. The summed E-state index contributed by atoms with van der Waals surface area (Å²) < 4.78 is 7.64. The third kappa shape index (κ3) is 2.47. The quantitative estimate of drug-likeness (QED) is 0.794. The number of hydrogen-bond acceptors (Lipinski definition) is 5. The van der Waals surface area contributed by atoms with Crippen molar-refractivity contribution < 1.29 is 9.21 Å². The van der Waals surface area contributed by atoms with Crippen LogP contribution in [0.1, 0.15) is 29.4 Å². The van der Waals surface area contributed by atoms with Crippen LogP contribution < -0.4 is 5.32 Å². The predicted molar refractivity (Wildman–Crippen MR) is 94.2 cm³/mol. The van der Waals surface area contributed by atoms with Gasteiger partial charge in [0.2, 0.25) is 5.91 Å². The molecule has 1 fully saturated rings. The minimum atomic E-state index is -0.118. The van der Waals surface area contributed by atoms with E-state index in [-0.39, 0.29) is 18.0 Å². The van der Waals surface area contributed by atoms with E-state index in [1.165, 1.54) is 0 Å². The fraction of sp³-hybridized carbons (Fsp3) is 0.389. The van der Waals surface area contributed by atoms with Crippen LogP contribution in [0.25, 0.3) is 11.1 Å². The Kier molecular flexibility index (Phi) is 3.52. The van der Waals surface area contributed by atoms with Gasteiger partial charge in [-0.2, -0.15) is 10.1 Å². The summed E-state index contributed by atoms with van der Waals surface area (Å²) >= 11 is 0. The SMILES string of the molecule is Cc1nn(C)c(C)c1[C@H]1[C@H](Nc2nc3ccccc3o2)CC(=O)N1C. The van der Waals surface area contributed by atoms with Crippen LogP contribution in [0.2, 0.25) is 0 Å². The highest BCUT2D eigenvalue weighted by Crippen LogP contribution is 2.37. The number of aryl methyl sites for hydroxylation is 2. The van der Waals surface area contributed by atoms with Crippen molar-refractivity contribution in [3.63, 3.8) is 0 Å². The molecule has 0 spiro atoms. The number of rotatable bonds is 3. The van der Waals surface area contributed by atoms with Crippen molar-refractivity contribution in [1.29, 1.82) is 0 Å². The van der Waals surface area contributed by atoms with E-state index in [0.717, 1.165) is 28.1 Å². The Morgan fingerprint density at radius 1 is 1.24 bits per heavy atom. The molecule has 1 aromatic carbocycles. The zero-order valence-electron chi connectivity index (χ0n) is 14.8. The number of carbonyl (C=O) groups is 1. The molecular formula is C18H21N5O2. The Hall–Kier alpha value is -2.83. The van der Waals surface area contributed by atoms with E-state index in [4.69, 9.17) is 4.42 Å². The molecular weight excluding hydrogens is 318 g/mol. The molecule has 25 heavy (non-hydrogen) atoms. The van der Waals surface area contributed by atoms with Gasteiger partial charge in [-0.3, -0.25) is 9.48 Å². The summed E-state index contributed by atoms with van der Waals surface area (Å²) in [7, 11) is 3.76. The zero-order valence-corrected chi connectivity index (χ0v) is 14.8. The smallest absolute Gasteiger partial charge is 0.296 e. The number of fused-ring (bicyclic) bond motifs is 1. The van der Waals surface area contributed by atoms with Gasteiger partial charge in [-0.25, -0.2) is 0 Å². The molecule has 2 atom stereocenters. The summed E-state index contributed by atoms with van der Waals surface area (Å²) in [5.74, 6) is 0.0984. The first-order valence-electron chi connectivity index (χ1n) is 8.33. The number of carbonyl (C=O) groups excluding carboxylic acids is 1. The Morgan fingerprint density at radius 3 is 2.68 bits per heavy atom. The minimum absolute atomic E-state index is 0.0984. The highest BCUT2D eigenvalue weighted by atomic mass is 16.4. The normalized spacial score (nSPS) is 20.6. The van der Waals surface area contributed by atoms with Gasteiger partial charge in [0.05, 0.1) is 17.8 Å². The number of para-hydroxylation sites is 2. The average molecular weight is 339 g/mol. The summed E-state index contributed by atoms with van der Waals surface area (Å²) in [6, 6.07) is 7.85. The van der Waals surface area contributed by atoms with Gasteiger partial charge in [-0.1, -0.05) is 12.1 Å². The van der Waals surface area contributed by atoms with Gasteiger partial charge in [0.25, 0.3) is 6.01 Å². The molecule has 0 unspecified atom stereocenters. The van der Waals surface area contributed by atoms with E-state index in [0.29, 0.717) is 12.4 Å². The number of hydrogen-bond donors (Lipinski definition) is 1. The van der Waals surface area contributed by atoms with Crippen LogP contribution in [-0.4, -0.2) is 38.7 Å². The van der Waals surface area contributed by atoms with E-state index in [2.05, 4.69) is 15.4 Å². The second-order valence-corrected chi connectivity index (χ2v) is 6.60. The largest absolute Gasteiger partial charge is 0.424 e.